The van der Waals surface area contributed by atoms with E-state index in [-0.39, 0.29) is 11.8 Å². The SMILES string of the molecule is CC[C@H](C)[C@@H]1N=C(c2ccccc2)c2cc(Cl)ccc2N(CC(=O)NS(=O)(=O)C2CC2)C1=O. The number of amides is 2. The first kappa shape index (κ1) is 23.4. The van der Waals surface area contributed by atoms with Gasteiger partial charge in [0.05, 0.1) is 16.6 Å². The Balaban J connectivity index is 1.79. The first-order valence-electron chi connectivity index (χ1n) is 11.0. The molecule has 2 aliphatic rings. The number of nitrogens with zero attached hydrogens (tertiary/aromatic N) is 2. The maximum absolute atomic E-state index is 13.7. The lowest BCUT2D eigenvalue weighted by molar-refractivity contribution is -0.124. The predicted octanol–water partition coefficient (Wildman–Crippen LogP) is 3.55. The third-order valence-corrected chi connectivity index (χ3v) is 8.14. The van der Waals surface area contributed by atoms with Gasteiger partial charge < -0.3 is 4.90 Å². The summed E-state index contributed by atoms with van der Waals surface area (Å²) >= 11 is 6.31. The van der Waals surface area contributed by atoms with Crippen LogP contribution in [0.15, 0.2) is 53.5 Å². The number of nitrogens with one attached hydrogen (secondary N) is 1. The van der Waals surface area contributed by atoms with E-state index in [1.807, 2.05) is 44.2 Å². The van der Waals surface area contributed by atoms with Crippen molar-refractivity contribution >= 4 is 44.8 Å². The fourth-order valence-corrected chi connectivity index (χ4v) is 5.33. The van der Waals surface area contributed by atoms with E-state index in [9.17, 15) is 18.0 Å². The third kappa shape index (κ3) is 4.96. The Kier molecular flexibility index (Phi) is 6.59. The smallest absolute Gasteiger partial charge is 0.253 e. The molecule has 0 unspecified atom stereocenters. The average Bonchev–Trinajstić information content (AvgIpc) is 3.64. The average molecular weight is 488 g/mol. The van der Waals surface area contributed by atoms with E-state index in [0.29, 0.717) is 41.2 Å². The van der Waals surface area contributed by atoms with Crippen LogP contribution < -0.4 is 9.62 Å². The molecule has 0 bridgehead atoms. The van der Waals surface area contributed by atoms with Crippen molar-refractivity contribution in [3.63, 3.8) is 0 Å². The van der Waals surface area contributed by atoms with Gasteiger partial charge in [0.25, 0.3) is 11.8 Å². The second-order valence-electron chi connectivity index (χ2n) is 8.53. The number of rotatable bonds is 7. The fourth-order valence-electron chi connectivity index (χ4n) is 3.85. The Morgan fingerprint density at radius 2 is 1.91 bits per heavy atom. The van der Waals surface area contributed by atoms with E-state index >= 15 is 0 Å². The molecule has 2 aromatic rings. The second-order valence-corrected chi connectivity index (χ2v) is 10.9. The molecular weight excluding hydrogens is 462 g/mol. The summed E-state index contributed by atoms with van der Waals surface area (Å²) in [7, 11) is -3.72. The van der Waals surface area contributed by atoms with Crippen molar-refractivity contribution in [2.75, 3.05) is 11.4 Å². The van der Waals surface area contributed by atoms with Crippen molar-refractivity contribution in [2.45, 2.75) is 44.4 Å². The van der Waals surface area contributed by atoms with Crippen LogP contribution in [0.4, 0.5) is 5.69 Å². The number of benzodiazepines with no additional fused rings is 1. The highest BCUT2D eigenvalue weighted by atomic mass is 35.5. The summed E-state index contributed by atoms with van der Waals surface area (Å²) in [6, 6.07) is 13.8. The molecule has 1 heterocycles. The summed E-state index contributed by atoms with van der Waals surface area (Å²) in [6.07, 6.45) is 1.78. The molecule has 2 atom stereocenters. The van der Waals surface area contributed by atoms with Crippen molar-refractivity contribution < 1.29 is 18.0 Å². The Hall–Kier alpha value is -2.71. The quantitative estimate of drug-likeness (QED) is 0.646. The van der Waals surface area contributed by atoms with Crippen LogP contribution in [0.25, 0.3) is 0 Å². The molecule has 1 aliphatic carbocycles. The molecule has 1 saturated carbocycles. The van der Waals surface area contributed by atoms with Crippen LogP contribution in [0.3, 0.4) is 0 Å². The zero-order valence-corrected chi connectivity index (χ0v) is 20.1. The molecular formula is C24H26ClN3O4S. The largest absolute Gasteiger partial charge is 0.300 e. The summed E-state index contributed by atoms with van der Waals surface area (Å²) in [4.78, 5) is 32.6. The minimum atomic E-state index is -3.72. The van der Waals surface area contributed by atoms with Gasteiger partial charge in [-0.15, -0.1) is 0 Å². The van der Waals surface area contributed by atoms with E-state index < -0.39 is 33.8 Å². The predicted molar refractivity (Wildman–Crippen MR) is 129 cm³/mol. The highest BCUT2D eigenvalue weighted by Crippen LogP contribution is 2.33. The van der Waals surface area contributed by atoms with Crippen molar-refractivity contribution in [3.8, 4) is 0 Å². The second kappa shape index (κ2) is 9.27. The molecule has 0 radical (unpaired) electrons. The Morgan fingerprint density at radius 3 is 2.55 bits per heavy atom. The first-order chi connectivity index (χ1) is 15.7. The number of aliphatic imine (C=N–C) groups is 1. The molecule has 2 amide bonds. The molecule has 174 valence electrons. The number of carbonyl (C=O) groups excluding carboxylic acids is 2. The minimum absolute atomic E-state index is 0.0956. The summed E-state index contributed by atoms with van der Waals surface area (Å²) in [5, 5.41) is -0.0687. The van der Waals surface area contributed by atoms with Crippen LogP contribution in [0.5, 0.6) is 0 Å². The summed E-state index contributed by atoms with van der Waals surface area (Å²) < 4.78 is 26.7. The third-order valence-electron chi connectivity index (χ3n) is 6.04. The van der Waals surface area contributed by atoms with Crippen LogP contribution in [-0.4, -0.2) is 43.8 Å². The number of anilines is 1. The van der Waals surface area contributed by atoms with Crippen molar-refractivity contribution in [1.29, 1.82) is 0 Å². The molecule has 1 N–H and O–H groups in total. The van der Waals surface area contributed by atoms with Crippen LogP contribution in [0, 0.1) is 5.92 Å². The molecule has 2 aromatic carbocycles. The Bertz CT molecular complexity index is 1210. The maximum atomic E-state index is 13.7. The molecule has 9 heteroatoms. The van der Waals surface area contributed by atoms with E-state index in [0.717, 1.165) is 5.56 Å². The number of fused-ring (bicyclic) bond motifs is 1. The fraction of sp³-hybridized carbons (Fsp3) is 0.375. The van der Waals surface area contributed by atoms with E-state index in [4.69, 9.17) is 16.6 Å². The summed E-state index contributed by atoms with van der Waals surface area (Å²) in [5.74, 6) is -1.19. The molecule has 4 rings (SSSR count). The van der Waals surface area contributed by atoms with Crippen LogP contribution in [0.1, 0.15) is 44.2 Å². The summed E-state index contributed by atoms with van der Waals surface area (Å²) in [5.41, 5.74) is 2.52. The molecule has 7 nitrogen and oxygen atoms in total. The number of benzene rings is 2. The zero-order valence-electron chi connectivity index (χ0n) is 18.5. The molecule has 1 fully saturated rings. The highest BCUT2D eigenvalue weighted by molar-refractivity contribution is 7.90. The number of hydrogen-bond acceptors (Lipinski definition) is 5. The van der Waals surface area contributed by atoms with Crippen molar-refractivity contribution in [1.82, 2.24) is 4.72 Å². The van der Waals surface area contributed by atoms with Gasteiger partial charge in [-0.3, -0.25) is 19.3 Å². The van der Waals surface area contributed by atoms with E-state index in [1.165, 1.54) is 4.90 Å². The van der Waals surface area contributed by atoms with Gasteiger partial charge in [0.15, 0.2) is 0 Å². The van der Waals surface area contributed by atoms with Crippen LogP contribution in [-0.2, 0) is 19.6 Å². The molecule has 33 heavy (non-hydrogen) atoms. The highest BCUT2D eigenvalue weighted by Gasteiger charge is 2.39. The lowest BCUT2D eigenvalue weighted by Gasteiger charge is -2.26. The van der Waals surface area contributed by atoms with Crippen LogP contribution in [0.2, 0.25) is 5.02 Å². The topological polar surface area (TPSA) is 95.9 Å². The van der Waals surface area contributed by atoms with Gasteiger partial charge in [-0.2, -0.15) is 0 Å². The summed E-state index contributed by atoms with van der Waals surface area (Å²) in [6.45, 7) is 3.49. The van der Waals surface area contributed by atoms with Gasteiger partial charge in [-0.05, 0) is 37.0 Å². The number of carbonyl (C=O) groups is 2. The van der Waals surface area contributed by atoms with Gasteiger partial charge >= 0.3 is 0 Å². The van der Waals surface area contributed by atoms with E-state index in [1.54, 1.807) is 18.2 Å². The van der Waals surface area contributed by atoms with Gasteiger partial charge in [-0.25, -0.2) is 8.42 Å². The van der Waals surface area contributed by atoms with Crippen LogP contribution >= 0.6 is 11.6 Å². The van der Waals surface area contributed by atoms with Gasteiger partial charge in [0.2, 0.25) is 10.0 Å². The first-order valence-corrected chi connectivity index (χ1v) is 12.9. The number of hydrogen-bond donors (Lipinski definition) is 1. The molecule has 0 spiro atoms. The standard InChI is InChI=1S/C24H26ClN3O4S/c1-3-15(2)22-24(30)28(14-21(29)27-33(31,32)18-10-11-18)20-12-9-17(25)13-19(20)23(26-22)16-7-5-4-6-8-16/h4-9,12-13,15,18,22H,3,10-11,14H2,1-2H3,(H,27,29)/t15-,22-/m0/s1. The molecule has 0 saturated heterocycles. The molecule has 1 aliphatic heterocycles. The van der Waals surface area contributed by atoms with Crippen molar-refractivity contribution in [3.05, 3.63) is 64.7 Å². The molecule has 0 aromatic heterocycles. The number of sulfonamides is 1. The zero-order chi connectivity index (χ0) is 23.8. The Morgan fingerprint density at radius 1 is 1.21 bits per heavy atom. The van der Waals surface area contributed by atoms with E-state index in [2.05, 4.69) is 4.72 Å². The monoisotopic (exact) mass is 487 g/mol. The lowest BCUT2D eigenvalue weighted by Crippen LogP contribution is -2.47. The van der Waals surface area contributed by atoms with Gasteiger partial charge in [0, 0.05) is 16.1 Å². The van der Waals surface area contributed by atoms with Crippen molar-refractivity contribution in [2.24, 2.45) is 10.9 Å². The Labute approximate surface area is 198 Å². The maximum Gasteiger partial charge on any atom is 0.253 e. The normalized spacial score (nSPS) is 19.4. The number of halogens is 1. The lowest BCUT2D eigenvalue weighted by atomic mass is 9.98. The minimum Gasteiger partial charge on any atom is -0.300 e. The van der Waals surface area contributed by atoms with Gasteiger partial charge in [0.1, 0.15) is 12.6 Å². The van der Waals surface area contributed by atoms with Gasteiger partial charge in [-0.1, -0.05) is 62.2 Å².